The molecule has 0 aliphatic carbocycles. The Bertz CT molecular complexity index is 462. The van der Waals surface area contributed by atoms with Crippen molar-refractivity contribution in [2.45, 2.75) is 13.5 Å². The normalized spacial score (nSPS) is 10.5. The van der Waals surface area contributed by atoms with Gasteiger partial charge < -0.3 is 10.5 Å². The van der Waals surface area contributed by atoms with Crippen LogP contribution < -0.4 is 10.5 Å². The fraction of sp³-hybridized carbons (Fsp3) is 0.333. The van der Waals surface area contributed by atoms with Gasteiger partial charge in [-0.1, -0.05) is 0 Å². The van der Waals surface area contributed by atoms with E-state index in [1.807, 2.05) is 17.0 Å². The van der Waals surface area contributed by atoms with Crippen LogP contribution in [-0.2, 0) is 6.54 Å². The molecule has 80 valence electrons. The monoisotopic (exact) mass is 224 g/mol. The first-order valence-electron chi connectivity index (χ1n) is 4.47. The number of aromatic nitrogens is 3. The molecule has 0 aliphatic rings. The van der Waals surface area contributed by atoms with Crippen molar-refractivity contribution in [3.8, 4) is 5.88 Å². The van der Waals surface area contributed by atoms with Crippen LogP contribution in [0.25, 0.3) is 0 Å². The Morgan fingerprint density at radius 2 is 2.40 bits per heavy atom. The van der Waals surface area contributed by atoms with Crippen molar-refractivity contribution in [2.24, 2.45) is 0 Å². The molecule has 2 N–H and O–H groups in total. The lowest BCUT2D eigenvalue weighted by Crippen LogP contribution is -2.04. The van der Waals surface area contributed by atoms with Crippen molar-refractivity contribution in [1.82, 2.24) is 14.2 Å². The van der Waals surface area contributed by atoms with Gasteiger partial charge in [0.25, 0.3) is 0 Å². The Morgan fingerprint density at radius 1 is 1.60 bits per heavy atom. The summed E-state index contributed by atoms with van der Waals surface area (Å²) in [6, 6.07) is 0. The summed E-state index contributed by atoms with van der Waals surface area (Å²) in [6.45, 7) is 2.58. The van der Waals surface area contributed by atoms with E-state index in [0.29, 0.717) is 18.1 Å². The van der Waals surface area contributed by atoms with Gasteiger partial charge in [-0.05, 0) is 18.5 Å². The van der Waals surface area contributed by atoms with Crippen molar-refractivity contribution in [2.75, 3.05) is 12.8 Å². The molecule has 0 aromatic carbocycles. The van der Waals surface area contributed by atoms with Gasteiger partial charge in [-0.25, -0.2) is 0 Å². The molecule has 2 heterocycles. The minimum Gasteiger partial charge on any atom is -0.480 e. The first kappa shape index (κ1) is 9.97. The number of nitrogens with two attached hydrogens (primary N) is 1. The molecule has 2 aromatic rings. The fourth-order valence-corrected chi connectivity index (χ4v) is 1.94. The second-order valence-electron chi connectivity index (χ2n) is 3.19. The highest BCUT2D eigenvalue weighted by atomic mass is 32.1. The SMILES string of the molecule is COc1nscc1Cn1ncc(N)c1C. The maximum atomic E-state index is 5.71. The summed E-state index contributed by atoms with van der Waals surface area (Å²) in [5.74, 6) is 0.661. The summed E-state index contributed by atoms with van der Waals surface area (Å²) in [6.07, 6.45) is 1.65. The average molecular weight is 224 g/mol. The molecule has 0 amide bonds. The predicted molar refractivity (Wildman–Crippen MR) is 59.1 cm³/mol. The van der Waals surface area contributed by atoms with Crippen LogP contribution in [0.5, 0.6) is 5.88 Å². The number of anilines is 1. The van der Waals surface area contributed by atoms with Crippen LogP contribution in [0.15, 0.2) is 11.6 Å². The van der Waals surface area contributed by atoms with E-state index >= 15 is 0 Å². The highest BCUT2D eigenvalue weighted by Crippen LogP contribution is 2.20. The number of hydrogen-bond donors (Lipinski definition) is 1. The molecule has 0 fully saturated rings. The summed E-state index contributed by atoms with van der Waals surface area (Å²) < 4.78 is 11.1. The molecular formula is C9H12N4OS. The van der Waals surface area contributed by atoms with Gasteiger partial charge in [0.1, 0.15) is 0 Å². The van der Waals surface area contributed by atoms with Crippen molar-refractivity contribution in [3.63, 3.8) is 0 Å². The van der Waals surface area contributed by atoms with E-state index in [2.05, 4.69) is 9.47 Å². The van der Waals surface area contributed by atoms with Gasteiger partial charge in [0, 0.05) is 10.9 Å². The first-order valence-corrected chi connectivity index (χ1v) is 5.31. The first-order chi connectivity index (χ1) is 7.22. The number of nitrogens with zero attached hydrogens (tertiary/aromatic N) is 3. The molecule has 2 aromatic heterocycles. The molecule has 0 saturated heterocycles. The van der Waals surface area contributed by atoms with Crippen molar-refractivity contribution < 1.29 is 4.74 Å². The molecule has 0 spiro atoms. The van der Waals surface area contributed by atoms with E-state index < -0.39 is 0 Å². The topological polar surface area (TPSA) is 66.0 Å². The van der Waals surface area contributed by atoms with Gasteiger partial charge in [-0.3, -0.25) is 4.68 Å². The van der Waals surface area contributed by atoms with Gasteiger partial charge in [-0.2, -0.15) is 9.47 Å². The highest BCUT2D eigenvalue weighted by molar-refractivity contribution is 7.03. The summed E-state index contributed by atoms with van der Waals surface area (Å²) in [5.41, 5.74) is 8.40. The molecule has 0 radical (unpaired) electrons. The van der Waals surface area contributed by atoms with Crippen molar-refractivity contribution in [3.05, 3.63) is 22.8 Å². The molecule has 6 heteroatoms. The summed E-state index contributed by atoms with van der Waals surface area (Å²) in [4.78, 5) is 0. The third-order valence-corrected chi connectivity index (χ3v) is 2.92. The summed E-state index contributed by atoms with van der Waals surface area (Å²) >= 11 is 1.38. The lowest BCUT2D eigenvalue weighted by molar-refractivity contribution is 0.395. The van der Waals surface area contributed by atoms with Crippen LogP contribution in [0.3, 0.4) is 0 Å². The molecule has 0 unspecified atom stereocenters. The zero-order chi connectivity index (χ0) is 10.8. The largest absolute Gasteiger partial charge is 0.480 e. The van der Waals surface area contributed by atoms with E-state index in [0.717, 1.165) is 11.3 Å². The molecule has 0 bridgehead atoms. The molecule has 2 rings (SSSR count). The minimum absolute atomic E-state index is 0.642. The highest BCUT2D eigenvalue weighted by Gasteiger charge is 2.09. The molecule has 0 aliphatic heterocycles. The lowest BCUT2D eigenvalue weighted by Gasteiger charge is -2.04. The molecule has 15 heavy (non-hydrogen) atoms. The van der Waals surface area contributed by atoms with Gasteiger partial charge in [0.15, 0.2) is 0 Å². The maximum Gasteiger partial charge on any atom is 0.230 e. The molecule has 0 atom stereocenters. The number of ether oxygens (including phenoxy) is 1. The van der Waals surface area contributed by atoms with Crippen LogP contribution in [0.4, 0.5) is 5.69 Å². The van der Waals surface area contributed by atoms with Crippen LogP contribution in [0.1, 0.15) is 11.3 Å². The molecule has 5 nitrogen and oxygen atoms in total. The zero-order valence-corrected chi connectivity index (χ0v) is 9.41. The van der Waals surface area contributed by atoms with Crippen molar-refractivity contribution in [1.29, 1.82) is 0 Å². The number of nitrogen functional groups attached to an aromatic ring is 1. The van der Waals surface area contributed by atoms with Crippen LogP contribution in [0.2, 0.25) is 0 Å². The third kappa shape index (κ3) is 1.80. The molecule has 0 saturated carbocycles. The van der Waals surface area contributed by atoms with E-state index in [1.165, 1.54) is 11.5 Å². The van der Waals surface area contributed by atoms with Crippen LogP contribution in [-0.4, -0.2) is 21.3 Å². The van der Waals surface area contributed by atoms with Gasteiger partial charge in [-0.15, -0.1) is 0 Å². The fourth-order valence-electron chi connectivity index (χ4n) is 1.30. The van der Waals surface area contributed by atoms with Gasteiger partial charge in [0.2, 0.25) is 5.88 Å². The molecular weight excluding hydrogens is 212 g/mol. The quantitative estimate of drug-likeness (QED) is 0.853. The lowest BCUT2D eigenvalue weighted by atomic mass is 10.3. The predicted octanol–water partition coefficient (Wildman–Crippen LogP) is 1.29. The van der Waals surface area contributed by atoms with E-state index in [4.69, 9.17) is 10.5 Å². The average Bonchev–Trinajstić information content (AvgIpc) is 2.80. The number of hydrogen-bond acceptors (Lipinski definition) is 5. The van der Waals surface area contributed by atoms with Gasteiger partial charge in [0.05, 0.1) is 31.2 Å². The second kappa shape index (κ2) is 3.90. The Balaban J connectivity index is 2.25. The van der Waals surface area contributed by atoms with E-state index in [-0.39, 0.29) is 0 Å². The maximum absolute atomic E-state index is 5.71. The summed E-state index contributed by atoms with van der Waals surface area (Å²) in [7, 11) is 1.61. The van der Waals surface area contributed by atoms with Crippen molar-refractivity contribution >= 4 is 17.2 Å². The Labute approximate surface area is 91.6 Å². The van der Waals surface area contributed by atoms with E-state index in [1.54, 1.807) is 13.3 Å². The second-order valence-corrected chi connectivity index (χ2v) is 3.82. The Morgan fingerprint density at radius 3 is 3.00 bits per heavy atom. The van der Waals surface area contributed by atoms with E-state index in [9.17, 15) is 0 Å². The third-order valence-electron chi connectivity index (χ3n) is 2.26. The minimum atomic E-state index is 0.642. The Hall–Kier alpha value is -1.56. The Kier molecular flexibility index (Phi) is 2.59. The number of methoxy groups -OCH3 is 1. The van der Waals surface area contributed by atoms with Gasteiger partial charge >= 0.3 is 0 Å². The zero-order valence-electron chi connectivity index (χ0n) is 8.60. The van der Waals surface area contributed by atoms with Crippen LogP contribution in [0, 0.1) is 6.92 Å². The van der Waals surface area contributed by atoms with Crippen LogP contribution >= 0.6 is 11.5 Å². The summed E-state index contributed by atoms with van der Waals surface area (Å²) in [5, 5.41) is 6.13. The smallest absolute Gasteiger partial charge is 0.230 e. The number of rotatable bonds is 3. The standard InChI is InChI=1S/C9H12N4OS/c1-6-8(10)3-11-13(6)4-7-5-15-12-9(7)14-2/h3,5H,4,10H2,1-2H3.